The largest absolute Gasteiger partial charge is 0.494 e. The number of hydrogen-bond acceptors (Lipinski definition) is 7. The third-order valence-electron chi connectivity index (χ3n) is 5.38. The Bertz CT molecular complexity index is 1390. The zero-order chi connectivity index (χ0) is 27.1. The number of carboxylic acids is 1. The van der Waals surface area contributed by atoms with Gasteiger partial charge >= 0.3 is 5.97 Å². The minimum absolute atomic E-state index is 0.184. The first-order valence-electron chi connectivity index (χ1n) is 11.7. The van der Waals surface area contributed by atoms with E-state index < -0.39 is 29.6 Å². The van der Waals surface area contributed by atoms with Crippen LogP contribution in [0.2, 0.25) is 0 Å². The van der Waals surface area contributed by atoms with E-state index in [0.717, 1.165) is 16.7 Å². The molecule has 1 saturated heterocycles. The molecule has 0 radical (unpaired) electrons. The molecule has 9 nitrogen and oxygen atoms in total. The number of benzene rings is 3. The molecule has 1 aliphatic heterocycles. The Morgan fingerprint density at radius 3 is 2.34 bits per heavy atom. The molecule has 0 bridgehead atoms. The lowest BCUT2D eigenvalue weighted by molar-refractivity contribution is -0.127. The van der Waals surface area contributed by atoms with Crippen LogP contribution in [0.5, 0.6) is 11.5 Å². The van der Waals surface area contributed by atoms with Crippen molar-refractivity contribution in [1.29, 1.82) is 0 Å². The Balaban J connectivity index is 1.33. The van der Waals surface area contributed by atoms with Gasteiger partial charge in [0.15, 0.2) is 0 Å². The number of ether oxygens (including phenoxy) is 2. The molecule has 1 aliphatic rings. The molecular weight excluding hydrogens is 508 g/mol. The molecule has 0 aliphatic carbocycles. The van der Waals surface area contributed by atoms with Crippen molar-refractivity contribution in [1.82, 2.24) is 4.90 Å². The number of carbonyl (C=O) groups is 4. The van der Waals surface area contributed by atoms with Crippen LogP contribution in [0.4, 0.5) is 10.5 Å². The average molecular weight is 533 g/mol. The van der Waals surface area contributed by atoms with Gasteiger partial charge in [0, 0.05) is 5.69 Å². The first kappa shape index (κ1) is 26.5. The van der Waals surface area contributed by atoms with Crippen molar-refractivity contribution in [3.63, 3.8) is 0 Å². The highest BCUT2D eigenvalue weighted by Gasteiger charge is 2.36. The highest BCUT2D eigenvalue weighted by molar-refractivity contribution is 8.18. The second kappa shape index (κ2) is 12.1. The van der Waals surface area contributed by atoms with Gasteiger partial charge in [-0.15, -0.1) is 0 Å². The molecule has 1 fully saturated rings. The van der Waals surface area contributed by atoms with Crippen LogP contribution in [0.25, 0.3) is 6.08 Å². The fourth-order valence-electron chi connectivity index (χ4n) is 3.55. The summed E-state index contributed by atoms with van der Waals surface area (Å²) in [6, 6.07) is 20.2. The highest BCUT2D eigenvalue weighted by atomic mass is 32.2. The second-order valence-electron chi connectivity index (χ2n) is 8.14. The molecule has 1 heterocycles. The zero-order valence-corrected chi connectivity index (χ0v) is 21.2. The summed E-state index contributed by atoms with van der Waals surface area (Å²) >= 11 is 0.771. The van der Waals surface area contributed by atoms with Crippen molar-refractivity contribution in [3.05, 3.63) is 94.4 Å². The molecule has 2 N–H and O–H groups in total. The molecule has 38 heavy (non-hydrogen) atoms. The Kier molecular flexibility index (Phi) is 8.44. The quantitative estimate of drug-likeness (QED) is 0.349. The Morgan fingerprint density at radius 1 is 0.974 bits per heavy atom. The van der Waals surface area contributed by atoms with Crippen molar-refractivity contribution in [3.8, 4) is 11.5 Å². The van der Waals surface area contributed by atoms with Gasteiger partial charge in [0.05, 0.1) is 17.1 Å². The van der Waals surface area contributed by atoms with Gasteiger partial charge < -0.3 is 19.9 Å². The minimum atomic E-state index is -1.01. The van der Waals surface area contributed by atoms with Crippen LogP contribution in [0, 0.1) is 0 Å². The molecule has 0 saturated carbocycles. The van der Waals surface area contributed by atoms with Crippen molar-refractivity contribution < 1.29 is 33.8 Å². The summed E-state index contributed by atoms with van der Waals surface area (Å²) in [7, 11) is 0. The number of aromatic carboxylic acids is 1. The summed E-state index contributed by atoms with van der Waals surface area (Å²) in [6.45, 7) is 2.20. The highest BCUT2D eigenvalue weighted by Crippen LogP contribution is 2.32. The summed E-state index contributed by atoms with van der Waals surface area (Å²) in [5.74, 6) is -0.809. The van der Waals surface area contributed by atoms with E-state index in [4.69, 9.17) is 14.6 Å². The average Bonchev–Trinajstić information content (AvgIpc) is 3.17. The van der Waals surface area contributed by atoms with Crippen molar-refractivity contribution in [2.75, 3.05) is 18.5 Å². The van der Waals surface area contributed by atoms with E-state index in [-0.39, 0.29) is 17.1 Å². The summed E-state index contributed by atoms with van der Waals surface area (Å²) in [4.78, 5) is 49.8. The van der Waals surface area contributed by atoms with Gasteiger partial charge in [-0.2, -0.15) is 0 Å². The number of imide groups is 1. The number of hydrogen-bond donors (Lipinski definition) is 2. The number of thioether (sulfide) groups is 1. The van der Waals surface area contributed by atoms with Gasteiger partial charge in [-0.25, -0.2) is 4.79 Å². The van der Waals surface area contributed by atoms with Crippen LogP contribution in [-0.4, -0.2) is 46.2 Å². The monoisotopic (exact) mass is 532 g/mol. The molecular formula is C28H24N2O7S. The van der Waals surface area contributed by atoms with E-state index in [1.54, 1.807) is 72.8 Å². The molecule has 0 aromatic heterocycles. The number of rotatable bonds is 10. The van der Waals surface area contributed by atoms with E-state index in [1.807, 2.05) is 6.92 Å². The van der Waals surface area contributed by atoms with E-state index in [1.165, 1.54) is 6.07 Å². The molecule has 10 heteroatoms. The lowest BCUT2D eigenvalue weighted by atomic mass is 10.1. The maximum Gasteiger partial charge on any atom is 0.335 e. The number of anilines is 1. The number of carboxylic acid groups (broad SMARTS) is 1. The molecule has 4 rings (SSSR count). The Morgan fingerprint density at radius 2 is 1.66 bits per heavy atom. The van der Waals surface area contributed by atoms with Crippen LogP contribution < -0.4 is 14.8 Å². The SMILES string of the molecule is CCOc1ccc(NC(=O)CN2C(=O)S/C(=C/c3ccc(OCc4cccc(C(=O)O)c4)cc3)C2=O)cc1. The predicted octanol–water partition coefficient (Wildman–Crippen LogP) is 5.04. The molecule has 3 aromatic rings. The van der Waals surface area contributed by atoms with Crippen LogP contribution in [0.15, 0.2) is 77.7 Å². The minimum Gasteiger partial charge on any atom is -0.494 e. The third kappa shape index (κ3) is 6.80. The van der Waals surface area contributed by atoms with Gasteiger partial charge in [0.1, 0.15) is 24.7 Å². The fourth-order valence-corrected chi connectivity index (χ4v) is 4.39. The van der Waals surface area contributed by atoms with Crippen molar-refractivity contribution in [2.45, 2.75) is 13.5 Å². The molecule has 3 amide bonds. The van der Waals surface area contributed by atoms with Crippen molar-refractivity contribution in [2.24, 2.45) is 0 Å². The van der Waals surface area contributed by atoms with Gasteiger partial charge in [-0.3, -0.25) is 19.3 Å². The first-order chi connectivity index (χ1) is 18.3. The summed E-state index contributed by atoms with van der Waals surface area (Å²) in [5, 5.41) is 11.2. The van der Waals surface area contributed by atoms with E-state index in [9.17, 15) is 19.2 Å². The third-order valence-corrected chi connectivity index (χ3v) is 6.29. The zero-order valence-electron chi connectivity index (χ0n) is 20.4. The molecule has 0 spiro atoms. The Labute approximate surface area is 223 Å². The summed E-state index contributed by atoms with van der Waals surface area (Å²) in [6.07, 6.45) is 1.58. The van der Waals surface area contributed by atoms with Crippen LogP contribution >= 0.6 is 11.8 Å². The van der Waals surface area contributed by atoms with Gasteiger partial charge in [0.25, 0.3) is 11.1 Å². The van der Waals surface area contributed by atoms with Crippen LogP contribution in [-0.2, 0) is 16.2 Å². The molecule has 0 unspecified atom stereocenters. The number of nitrogens with one attached hydrogen (secondary N) is 1. The lowest BCUT2D eigenvalue weighted by Gasteiger charge is -2.12. The molecule has 194 valence electrons. The second-order valence-corrected chi connectivity index (χ2v) is 9.13. The fraction of sp³-hybridized carbons (Fsp3) is 0.143. The normalized spacial score (nSPS) is 14.0. The standard InChI is InChI=1S/C28H24N2O7S/c1-2-36-22-12-8-21(9-13-22)29-25(31)16-30-26(32)24(38-28(30)35)15-18-6-10-23(11-7-18)37-17-19-4-3-5-20(14-19)27(33)34/h3-15H,2,16-17H2,1H3,(H,29,31)(H,33,34)/b24-15+. The van der Waals surface area contributed by atoms with E-state index >= 15 is 0 Å². The smallest absolute Gasteiger partial charge is 0.335 e. The van der Waals surface area contributed by atoms with Gasteiger partial charge in [-0.1, -0.05) is 24.3 Å². The van der Waals surface area contributed by atoms with Gasteiger partial charge in [0.2, 0.25) is 5.91 Å². The summed E-state index contributed by atoms with van der Waals surface area (Å²) < 4.78 is 11.1. The Hall–Kier alpha value is -4.57. The van der Waals surface area contributed by atoms with Crippen LogP contribution in [0.3, 0.4) is 0 Å². The lowest BCUT2D eigenvalue weighted by Crippen LogP contribution is -2.36. The maximum absolute atomic E-state index is 12.8. The van der Waals surface area contributed by atoms with Gasteiger partial charge in [-0.05, 0) is 84.4 Å². The maximum atomic E-state index is 12.8. The summed E-state index contributed by atoms with van der Waals surface area (Å²) in [5.41, 5.74) is 2.10. The number of amides is 3. The number of nitrogens with zero attached hydrogens (tertiary/aromatic N) is 1. The topological polar surface area (TPSA) is 122 Å². The molecule has 0 atom stereocenters. The molecule has 3 aromatic carbocycles. The number of carbonyl (C=O) groups excluding carboxylic acids is 3. The first-order valence-corrected chi connectivity index (χ1v) is 12.5. The van der Waals surface area contributed by atoms with Crippen molar-refractivity contribution >= 4 is 46.5 Å². The van der Waals surface area contributed by atoms with E-state index in [2.05, 4.69) is 5.32 Å². The van der Waals surface area contributed by atoms with E-state index in [0.29, 0.717) is 34.9 Å². The van der Waals surface area contributed by atoms with Crippen LogP contribution in [0.1, 0.15) is 28.4 Å². The predicted molar refractivity (Wildman–Crippen MR) is 143 cm³/mol.